The van der Waals surface area contributed by atoms with Crippen LogP contribution in [0.2, 0.25) is 19.1 Å². The van der Waals surface area contributed by atoms with Gasteiger partial charge in [0.1, 0.15) is 4.83 Å². The molecule has 0 aliphatic rings. The van der Waals surface area contributed by atoms with Gasteiger partial charge in [0.15, 0.2) is 8.32 Å². The summed E-state index contributed by atoms with van der Waals surface area (Å²) < 4.78 is 6.11. The Balaban J connectivity index is 2.00. The topological polar surface area (TPSA) is 35.0 Å². The third-order valence-corrected chi connectivity index (χ3v) is 6.22. The molecule has 0 radical (unpaired) electrons. The van der Waals surface area contributed by atoms with Gasteiger partial charge in [-0.05, 0) is 37.2 Å². The minimum absolute atomic E-state index is 0.625. The molecular formula is C13H20N2OSSi. The third-order valence-electron chi connectivity index (χ3n) is 2.76. The van der Waals surface area contributed by atoms with Crippen molar-refractivity contribution in [3.63, 3.8) is 0 Å². The fourth-order valence-electron chi connectivity index (χ4n) is 2.18. The van der Waals surface area contributed by atoms with E-state index in [-0.39, 0.29) is 0 Å². The maximum atomic E-state index is 6.11. The molecule has 2 aromatic rings. The highest BCUT2D eigenvalue weighted by Crippen LogP contribution is 2.20. The molecule has 2 heterocycles. The van der Waals surface area contributed by atoms with Crippen LogP contribution in [0, 0.1) is 5.92 Å². The first-order chi connectivity index (χ1) is 8.46. The van der Waals surface area contributed by atoms with Crippen LogP contribution in [0.5, 0.6) is 0 Å². The molecule has 2 rings (SSSR count). The molecule has 98 valence electrons. The number of nitrogens with zero attached hydrogens (tertiary/aromatic N) is 2. The number of hydrogen-bond donors (Lipinski definition) is 0. The van der Waals surface area contributed by atoms with Crippen molar-refractivity contribution in [1.29, 1.82) is 0 Å². The number of hydrogen-bond acceptors (Lipinski definition) is 4. The van der Waals surface area contributed by atoms with E-state index < -0.39 is 8.32 Å². The van der Waals surface area contributed by atoms with E-state index in [1.54, 1.807) is 11.3 Å². The summed E-state index contributed by atoms with van der Waals surface area (Å²) in [5, 5.41) is 0. The van der Waals surface area contributed by atoms with Gasteiger partial charge in [-0.25, -0.2) is 9.97 Å². The van der Waals surface area contributed by atoms with Gasteiger partial charge < -0.3 is 4.43 Å². The summed E-state index contributed by atoms with van der Waals surface area (Å²) in [5.74, 6) is 0.698. The summed E-state index contributed by atoms with van der Waals surface area (Å²) in [4.78, 5) is 9.80. The average molecular weight is 280 g/mol. The molecule has 0 aromatic carbocycles. The zero-order valence-corrected chi connectivity index (χ0v) is 13.3. The summed E-state index contributed by atoms with van der Waals surface area (Å²) in [6.07, 6.45) is 0. The van der Waals surface area contributed by atoms with Crippen LogP contribution in [-0.4, -0.2) is 18.3 Å². The molecule has 0 N–H and O–H groups in total. The van der Waals surface area contributed by atoms with Gasteiger partial charge in [0, 0.05) is 0 Å². The summed E-state index contributed by atoms with van der Waals surface area (Å²) in [5.41, 5.74) is 3.82. The van der Waals surface area contributed by atoms with Crippen molar-refractivity contribution >= 4 is 30.0 Å². The Morgan fingerprint density at radius 1 is 1.33 bits per heavy atom. The lowest BCUT2D eigenvalue weighted by Crippen LogP contribution is -2.31. The zero-order chi connectivity index (χ0) is 13.2. The number of aromatic nitrogens is 2. The van der Waals surface area contributed by atoms with Crippen LogP contribution in [0.25, 0.3) is 10.3 Å². The number of fused-ring (bicyclic) bond motifs is 1. The van der Waals surface area contributed by atoms with Gasteiger partial charge in [0.25, 0.3) is 0 Å². The largest absolute Gasteiger partial charge is 0.411 e. The summed E-state index contributed by atoms with van der Waals surface area (Å²) in [6.45, 7) is 9.68. The standard InChI is InChI=1S/C13H20N2OSSi/c1-10(2)8-18(3,4)16-7-11-5-6-12-13(15-11)17-9-14-12/h5-6,9-10H,7-8H2,1-4H3. The van der Waals surface area contributed by atoms with Gasteiger partial charge in [-0.1, -0.05) is 13.8 Å². The van der Waals surface area contributed by atoms with E-state index in [1.165, 1.54) is 6.04 Å². The molecule has 0 amide bonds. The van der Waals surface area contributed by atoms with E-state index in [2.05, 4.69) is 36.9 Å². The SMILES string of the molecule is CC(C)C[Si](C)(C)OCc1ccc2ncsc2n1. The van der Waals surface area contributed by atoms with Gasteiger partial charge in [-0.2, -0.15) is 0 Å². The minimum Gasteiger partial charge on any atom is -0.411 e. The highest BCUT2D eigenvalue weighted by atomic mass is 32.1. The first kappa shape index (κ1) is 13.6. The molecule has 0 saturated carbocycles. The Bertz CT molecular complexity index is 524. The number of rotatable bonds is 5. The maximum absolute atomic E-state index is 6.11. The molecule has 5 heteroatoms. The highest BCUT2D eigenvalue weighted by molar-refractivity contribution is 7.16. The first-order valence-corrected chi connectivity index (χ1v) is 10.3. The number of pyridine rings is 1. The van der Waals surface area contributed by atoms with Gasteiger partial charge >= 0.3 is 0 Å². The minimum atomic E-state index is -1.55. The van der Waals surface area contributed by atoms with Crippen LogP contribution in [0.15, 0.2) is 17.6 Å². The lowest BCUT2D eigenvalue weighted by molar-refractivity contribution is 0.286. The molecule has 0 atom stereocenters. The van der Waals surface area contributed by atoms with Crippen LogP contribution in [-0.2, 0) is 11.0 Å². The van der Waals surface area contributed by atoms with E-state index >= 15 is 0 Å². The first-order valence-electron chi connectivity index (χ1n) is 6.29. The van der Waals surface area contributed by atoms with Crippen LogP contribution in [0.3, 0.4) is 0 Å². The van der Waals surface area contributed by atoms with Crippen molar-refractivity contribution in [3.05, 3.63) is 23.3 Å². The molecule has 0 unspecified atom stereocenters. The molecule has 2 aromatic heterocycles. The fraction of sp³-hybridized carbons (Fsp3) is 0.538. The van der Waals surface area contributed by atoms with Crippen molar-refractivity contribution in [1.82, 2.24) is 9.97 Å². The monoisotopic (exact) mass is 280 g/mol. The zero-order valence-electron chi connectivity index (χ0n) is 11.4. The van der Waals surface area contributed by atoms with Crippen molar-refractivity contribution in [2.45, 2.75) is 39.6 Å². The lowest BCUT2D eigenvalue weighted by atomic mass is 10.3. The average Bonchev–Trinajstić information content (AvgIpc) is 2.71. The highest BCUT2D eigenvalue weighted by Gasteiger charge is 2.23. The Morgan fingerprint density at radius 2 is 2.11 bits per heavy atom. The van der Waals surface area contributed by atoms with E-state index in [9.17, 15) is 0 Å². The molecule has 18 heavy (non-hydrogen) atoms. The second-order valence-corrected chi connectivity index (χ2v) is 10.7. The molecule has 0 fully saturated rings. The summed E-state index contributed by atoms with van der Waals surface area (Å²) in [7, 11) is -1.55. The second-order valence-electron chi connectivity index (χ2n) is 5.63. The quantitative estimate of drug-likeness (QED) is 0.774. The third kappa shape index (κ3) is 3.60. The van der Waals surface area contributed by atoms with Gasteiger partial charge in [0.2, 0.25) is 0 Å². The van der Waals surface area contributed by atoms with Crippen LogP contribution in [0.1, 0.15) is 19.5 Å². The van der Waals surface area contributed by atoms with Gasteiger partial charge in [0.05, 0.1) is 23.3 Å². The van der Waals surface area contributed by atoms with Crippen LogP contribution >= 0.6 is 11.3 Å². The summed E-state index contributed by atoms with van der Waals surface area (Å²) >= 11 is 1.58. The van der Waals surface area contributed by atoms with Crippen molar-refractivity contribution in [2.24, 2.45) is 5.92 Å². The maximum Gasteiger partial charge on any atom is 0.187 e. The predicted octanol–water partition coefficient (Wildman–Crippen LogP) is 4.07. The van der Waals surface area contributed by atoms with Gasteiger partial charge in [-0.15, -0.1) is 11.3 Å². The molecule has 0 saturated heterocycles. The molecule has 0 aliphatic heterocycles. The van der Waals surface area contributed by atoms with E-state index in [0.717, 1.165) is 16.0 Å². The molecule has 0 spiro atoms. The van der Waals surface area contributed by atoms with E-state index in [0.29, 0.717) is 12.5 Å². The Hall–Kier alpha value is -0.783. The predicted molar refractivity (Wildman–Crippen MR) is 79.3 cm³/mol. The van der Waals surface area contributed by atoms with Crippen molar-refractivity contribution in [2.75, 3.05) is 0 Å². The van der Waals surface area contributed by atoms with Gasteiger partial charge in [-0.3, -0.25) is 0 Å². The fourth-order valence-corrected chi connectivity index (χ4v) is 5.48. The Labute approximate surface area is 113 Å². The Kier molecular flexibility index (Phi) is 4.14. The molecule has 3 nitrogen and oxygen atoms in total. The lowest BCUT2D eigenvalue weighted by Gasteiger charge is -2.24. The summed E-state index contributed by atoms with van der Waals surface area (Å²) in [6, 6.07) is 5.23. The Morgan fingerprint density at radius 3 is 2.83 bits per heavy atom. The molecule has 0 aliphatic carbocycles. The van der Waals surface area contributed by atoms with Crippen molar-refractivity contribution < 1.29 is 4.43 Å². The number of thiazole rings is 1. The van der Waals surface area contributed by atoms with Crippen LogP contribution < -0.4 is 0 Å². The van der Waals surface area contributed by atoms with Crippen LogP contribution in [0.4, 0.5) is 0 Å². The molecule has 0 bridgehead atoms. The van der Waals surface area contributed by atoms with Crippen molar-refractivity contribution in [3.8, 4) is 0 Å². The second kappa shape index (κ2) is 5.46. The van der Waals surface area contributed by atoms with E-state index in [1.807, 2.05) is 17.6 Å². The smallest absolute Gasteiger partial charge is 0.187 e. The normalized spacial score (nSPS) is 12.5. The van der Waals surface area contributed by atoms with E-state index in [4.69, 9.17) is 4.43 Å². The molecular weight excluding hydrogens is 260 g/mol.